The van der Waals surface area contributed by atoms with E-state index in [4.69, 9.17) is 0 Å². The van der Waals surface area contributed by atoms with Crippen LogP contribution in [0.2, 0.25) is 0 Å². The van der Waals surface area contributed by atoms with Gasteiger partial charge in [-0.15, -0.1) is 12.4 Å². The lowest BCUT2D eigenvalue weighted by Crippen LogP contribution is -2.46. The maximum Gasteiger partial charge on any atom is 0.261 e. The van der Waals surface area contributed by atoms with Gasteiger partial charge in [0, 0.05) is 30.4 Å². The van der Waals surface area contributed by atoms with Crippen LogP contribution in [-0.2, 0) is 10.0 Å². The van der Waals surface area contributed by atoms with Gasteiger partial charge in [0.1, 0.15) is 0 Å². The minimum atomic E-state index is -3.68. The van der Waals surface area contributed by atoms with E-state index in [-0.39, 0.29) is 23.2 Å². The molecule has 6 nitrogen and oxygen atoms in total. The average molecular weight is 410 g/mol. The minimum Gasteiger partial charge on any atom is -0.337 e. The lowest BCUT2D eigenvalue weighted by molar-refractivity contribution is 0.0698. The van der Waals surface area contributed by atoms with Crippen molar-refractivity contribution in [3.8, 4) is 0 Å². The number of amides is 1. The highest BCUT2D eigenvalue weighted by Crippen LogP contribution is 2.18. The van der Waals surface area contributed by atoms with Gasteiger partial charge in [0.2, 0.25) is 0 Å². The molecule has 1 saturated heterocycles. The van der Waals surface area contributed by atoms with Crippen molar-refractivity contribution >= 4 is 34.0 Å². The van der Waals surface area contributed by atoms with E-state index in [1.54, 1.807) is 36.4 Å². The molecule has 1 fully saturated rings. The van der Waals surface area contributed by atoms with Gasteiger partial charge in [-0.3, -0.25) is 9.52 Å². The topological polar surface area (TPSA) is 78.5 Å². The van der Waals surface area contributed by atoms with Crippen LogP contribution in [0.5, 0.6) is 0 Å². The van der Waals surface area contributed by atoms with Gasteiger partial charge in [-0.2, -0.15) is 0 Å². The number of benzene rings is 2. The number of anilines is 1. The highest BCUT2D eigenvalue weighted by atomic mass is 35.5. The Hall–Kier alpha value is -2.09. The largest absolute Gasteiger partial charge is 0.337 e. The maximum atomic E-state index is 12.6. The Morgan fingerprint density at radius 3 is 2.37 bits per heavy atom. The summed E-state index contributed by atoms with van der Waals surface area (Å²) in [4.78, 5) is 14.6. The van der Waals surface area contributed by atoms with Crippen molar-refractivity contribution in [2.75, 3.05) is 24.9 Å². The Morgan fingerprint density at radius 2 is 1.74 bits per heavy atom. The molecular weight excluding hydrogens is 386 g/mol. The zero-order valence-corrected chi connectivity index (χ0v) is 16.7. The summed E-state index contributed by atoms with van der Waals surface area (Å²) in [5.74, 6) is -0.0649. The van der Waals surface area contributed by atoms with Crippen LogP contribution in [0.25, 0.3) is 0 Å². The number of hydrogen-bond acceptors (Lipinski definition) is 4. The minimum absolute atomic E-state index is 0. The number of hydrogen-bond donors (Lipinski definition) is 2. The molecule has 2 aromatic carbocycles. The molecule has 1 aliphatic heterocycles. The van der Waals surface area contributed by atoms with E-state index in [0.717, 1.165) is 19.4 Å². The molecule has 1 unspecified atom stereocenters. The third-order valence-electron chi connectivity index (χ3n) is 4.55. The molecule has 0 radical (unpaired) electrons. The zero-order valence-electron chi connectivity index (χ0n) is 15.1. The highest BCUT2D eigenvalue weighted by molar-refractivity contribution is 7.92. The Morgan fingerprint density at radius 1 is 1.07 bits per heavy atom. The molecule has 1 atom stereocenters. The lowest BCUT2D eigenvalue weighted by atomic mass is 10.0. The smallest absolute Gasteiger partial charge is 0.261 e. The quantitative estimate of drug-likeness (QED) is 0.795. The molecule has 8 heteroatoms. The Bertz CT molecular complexity index is 858. The van der Waals surface area contributed by atoms with Crippen LogP contribution in [0.15, 0.2) is 59.5 Å². The molecule has 0 spiro atoms. The Balaban J connectivity index is 0.00000261. The normalized spacial score (nSPS) is 17.1. The van der Waals surface area contributed by atoms with Crippen molar-refractivity contribution in [1.29, 1.82) is 0 Å². The first-order valence-electron chi connectivity index (χ1n) is 8.64. The third-order valence-corrected chi connectivity index (χ3v) is 5.95. The van der Waals surface area contributed by atoms with Gasteiger partial charge in [0.05, 0.1) is 4.90 Å². The fourth-order valence-corrected chi connectivity index (χ4v) is 4.14. The number of halogens is 1. The number of nitrogens with zero attached hydrogens (tertiary/aromatic N) is 1. The molecule has 0 aliphatic carbocycles. The van der Waals surface area contributed by atoms with E-state index in [9.17, 15) is 13.2 Å². The molecule has 0 saturated carbocycles. The molecular formula is C19H24ClN3O3S. The number of carbonyl (C=O) groups is 1. The fourth-order valence-electron chi connectivity index (χ4n) is 3.08. The van der Waals surface area contributed by atoms with Crippen LogP contribution < -0.4 is 10.0 Å². The summed E-state index contributed by atoms with van der Waals surface area (Å²) in [6, 6.07) is 15.1. The third kappa shape index (κ3) is 5.22. The van der Waals surface area contributed by atoms with Crippen LogP contribution in [-0.4, -0.2) is 45.4 Å². The first-order valence-corrected chi connectivity index (χ1v) is 10.1. The molecule has 0 bridgehead atoms. The van der Waals surface area contributed by atoms with E-state index in [2.05, 4.69) is 10.0 Å². The average Bonchev–Trinajstić information content (AvgIpc) is 2.68. The molecule has 1 aliphatic rings. The number of rotatable bonds is 5. The van der Waals surface area contributed by atoms with Crippen molar-refractivity contribution in [2.24, 2.45) is 0 Å². The molecule has 1 heterocycles. The number of nitrogens with one attached hydrogen (secondary N) is 2. The summed E-state index contributed by atoms with van der Waals surface area (Å²) in [5, 5.41) is 3.21. The molecule has 3 rings (SSSR count). The summed E-state index contributed by atoms with van der Waals surface area (Å²) in [5.41, 5.74) is 1.000. The number of para-hydroxylation sites is 1. The Labute approximate surface area is 166 Å². The predicted octanol–water partition coefficient (Wildman–Crippen LogP) is 2.73. The van der Waals surface area contributed by atoms with Crippen LogP contribution in [0.1, 0.15) is 23.2 Å². The molecule has 2 N–H and O–H groups in total. The highest BCUT2D eigenvalue weighted by Gasteiger charge is 2.24. The van der Waals surface area contributed by atoms with Crippen molar-refractivity contribution in [3.05, 3.63) is 60.2 Å². The summed E-state index contributed by atoms with van der Waals surface area (Å²) in [7, 11) is -1.78. The van der Waals surface area contributed by atoms with E-state index in [1.807, 2.05) is 18.0 Å². The monoisotopic (exact) mass is 409 g/mol. The number of piperidine rings is 1. The summed E-state index contributed by atoms with van der Waals surface area (Å²) in [6.07, 6.45) is 2.02. The zero-order chi connectivity index (χ0) is 18.6. The summed E-state index contributed by atoms with van der Waals surface area (Å²) >= 11 is 0. The number of sulfonamides is 1. The second-order valence-corrected chi connectivity index (χ2v) is 8.06. The van der Waals surface area contributed by atoms with E-state index >= 15 is 0 Å². The molecule has 146 valence electrons. The predicted molar refractivity (Wildman–Crippen MR) is 109 cm³/mol. The van der Waals surface area contributed by atoms with Crippen LogP contribution in [0.3, 0.4) is 0 Å². The van der Waals surface area contributed by atoms with Crippen molar-refractivity contribution in [1.82, 2.24) is 10.2 Å². The second kappa shape index (κ2) is 9.21. The number of likely N-dealkylation sites (tertiary alicyclic amines) is 1. The van der Waals surface area contributed by atoms with E-state index in [0.29, 0.717) is 23.8 Å². The summed E-state index contributed by atoms with van der Waals surface area (Å²) < 4.78 is 27.4. The molecule has 1 amide bonds. The van der Waals surface area contributed by atoms with Gasteiger partial charge < -0.3 is 10.2 Å². The van der Waals surface area contributed by atoms with Gasteiger partial charge in [-0.05, 0) is 56.3 Å². The van der Waals surface area contributed by atoms with Crippen molar-refractivity contribution in [3.63, 3.8) is 0 Å². The van der Waals surface area contributed by atoms with Crippen LogP contribution in [0.4, 0.5) is 5.69 Å². The number of carbonyl (C=O) groups excluding carboxylic acids is 1. The van der Waals surface area contributed by atoms with Gasteiger partial charge in [-0.1, -0.05) is 18.2 Å². The number of likely N-dealkylation sites (N-methyl/N-ethyl adjacent to an activating group) is 1. The van der Waals surface area contributed by atoms with Gasteiger partial charge in [-0.25, -0.2) is 8.42 Å². The van der Waals surface area contributed by atoms with Crippen molar-refractivity contribution < 1.29 is 13.2 Å². The first-order chi connectivity index (χ1) is 12.5. The fraction of sp³-hybridized carbons (Fsp3) is 0.316. The van der Waals surface area contributed by atoms with Crippen LogP contribution in [0, 0.1) is 0 Å². The van der Waals surface area contributed by atoms with Crippen molar-refractivity contribution in [2.45, 2.75) is 23.8 Å². The van der Waals surface area contributed by atoms with Gasteiger partial charge >= 0.3 is 0 Å². The van der Waals surface area contributed by atoms with Gasteiger partial charge in [0.15, 0.2) is 0 Å². The lowest BCUT2D eigenvalue weighted by Gasteiger charge is -2.32. The summed E-state index contributed by atoms with van der Waals surface area (Å²) in [6.45, 7) is 1.40. The first kappa shape index (κ1) is 21.2. The van der Waals surface area contributed by atoms with E-state index < -0.39 is 10.0 Å². The standard InChI is InChI=1S/C19H23N3O3S.ClH/c1-20-17-8-5-13-22(14-17)19(23)15-9-11-18(12-10-15)26(24,25)21-16-6-3-2-4-7-16;/h2-4,6-7,9-12,17,20-21H,5,8,13-14H2,1H3;1H. The maximum absolute atomic E-state index is 12.6. The van der Waals surface area contributed by atoms with Crippen LogP contribution >= 0.6 is 12.4 Å². The second-order valence-electron chi connectivity index (χ2n) is 6.37. The SMILES string of the molecule is CNC1CCCN(C(=O)c2ccc(S(=O)(=O)Nc3ccccc3)cc2)C1.Cl. The van der Waals surface area contributed by atoms with Gasteiger partial charge in [0.25, 0.3) is 15.9 Å². The molecule has 2 aromatic rings. The van der Waals surface area contributed by atoms with E-state index in [1.165, 1.54) is 12.1 Å². The molecule has 0 aromatic heterocycles. The molecule has 27 heavy (non-hydrogen) atoms. The Kier molecular flexibility index (Phi) is 7.24.